The molecule has 0 unspecified atom stereocenters. The number of aromatic amines is 1. The standard InChI is InChI=1S/C23H22F2N6O2S/c1-32-14-8-9-17(19(10-14)33-2)30-22(28-29-23(30)34)15-12-26-31-18(20(24)25)11-16(27-21(15)31)13-6-4-3-5-7-13/h3-10,12,16,18,20,27H,11H2,1-2H3,(H,29,34)/t16-,18+/m1/s1. The van der Waals surface area contributed by atoms with Crippen LogP contribution in [0.1, 0.15) is 24.1 Å². The van der Waals surface area contributed by atoms with Gasteiger partial charge in [-0.1, -0.05) is 30.3 Å². The van der Waals surface area contributed by atoms with Crippen LogP contribution in [0.15, 0.2) is 54.7 Å². The van der Waals surface area contributed by atoms with Gasteiger partial charge in [0.1, 0.15) is 23.4 Å². The summed E-state index contributed by atoms with van der Waals surface area (Å²) in [5.41, 5.74) is 2.08. The van der Waals surface area contributed by atoms with Crippen molar-refractivity contribution >= 4 is 18.0 Å². The smallest absolute Gasteiger partial charge is 0.260 e. The fraction of sp³-hybridized carbons (Fsp3) is 0.261. The van der Waals surface area contributed by atoms with E-state index in [-0.39, 0.29) is 12.5 Å². The molecule has 0 saturated heterocycles. The second kappa shape index (κ2) is 8.90. The Morgan fingerprint density at radius 1 is 1.12 bits per heavy atom. The normalized spacial score (nSPS) is 17.3. The van der Waals surface area contributed by atoms with E-state index < -0.39 is 12.5 Å². The van der Waals surface area contributed by atoms with Crippen LogP contribution in [-0.4, -0.2) is 45.2 Å². The van der Waals surface area contributed by atoms with Gasteiger partial charge >= 0.3 is 0 Å². The molecule has 176 valence electrons. The summed E-state index contributed by atoms with van der Waals surface area (Å²) in [5, 5.41) is 14.9. The Hall–Kier alpha value is -3.73. The molecule has 8 nitrogen and oxygen atoms in total. The van der Waals surface area contributed by atoms with Gasteiger partial charge in [-0.15, -0.1) is 0 Å². The highest BCUT2D eigenvalue weighted by Gasteiger charge is 2.36. The molecular formula is C23H22F2N6O2S. The van der Waals surface area contributed by atoms with Crippen molar-refractivity contribution in [2.75, 3.05) is 19.5 Å². The highest BCUT2D eigenvalue weighted by Crippen LogP contribution is 2.42. The molecule has 1 aliphatic rings. The maximum Gasteiger partial charge on any atom is 0.260 e. The van der Waals surface area contributed by atoms with Gasteiger partial charge in [0.2, 0.25) is 0 Å². The summed E-state index contributed by atoms with van der Waals surface area (Å²) >= 11 is 5.51. The molecule has 34 heavy (non-hydrogen) atoms. The lowest BCUT2D eigenvalue weighted by Gasteiger charge is -2.32. The minimum absolute atomic E-state index is 0.203. The van der Waals surface area contributed by atoms with Crippen LogP contribution in [-0.2, 0) is 0 Å². The number of ether oxygens (including phenoxy) is 2. The van der Waals surface area contributed by atoms with Gasteiger partial charge in [0.25, 0.3) is 6.43 Å². The molecule has 0 amide bonds. The van der Waals surface area contributed by atoms with Gasteiger partial charge in [-0.05, 0) is 36.3 Å². The highest BCUT2D eigenvalue weighted by molar-refractivity contribution is 7.71. The van der Waals surface area contributed by atoms with E-state index in [1.54, 1.807) is 37.0 Å². The Morgan fingerprint density at radius 3 is 2.62 bits per heavy atom. The molecule has 1 aliphatic heterocycles. The van der Waals surface area contributed by atoms with E-state index in [4.69, 9.17) is 21.7 Å². The van der Waals surface area contributed by atoms with Crippen molar-refractivity contribution in [2.24, 2.45) is 0 Å². The van der Waals surface area contributed by atoms with E-state index in [0.29, 0.717) is 39.2 Å². The highest BCUT2D eigenvalue weighted by atomic mass is 32.1. The summed E-state index contributed by atoms with van der Waals surface area (Å²) in [4.78, 5) is 0. The maximum absolute atomic E-state index is 14.1. The van der Waals surface area contributed by atoms with Crippen molar-refractivity contribution in [1.82, 2.24) is 24.5 Å². The van der Waals surface area contributed by atoms with Gasteiger partial charge in [-0.3, -0.25) is 9.67 Å². The summed E-state index contributed by atoms with van der Waals surface area (Å²) in [5.74, 6) is 2.00. The van der Waals surface area contributed by atoms with Crippen LogP contribution in [0.5, 0.6) is 11.5 Å². The zero-order chi connectivity index (χ0) is 23.8. The summed E-state index contributed by atoms with van der Waals surface area (Å²) < 4.78 is 42.3. The number of fused-ring (bicyclic) bond motifs is 1. The fourth-order valence-corrected chi connectivity index (χ4v) is 4.50. The van der Waals surface area contributed by atoms with Crippen molar-refractivity contribution in [3.8, 4) is 28.6 Å². The third-order valence-electron chi connectivity index (χ3n) is 5.93. The summed E-state index contributed by atoms with van der Waals surface area (Å²) in [7, 11) is 3.11. The van der Waals surface area contributed by atoms with Crippen molar-refractivity contribution < 1.29 is 18.3 Å². The zero-order valence-corrected chi connectivity index (χ0v) is 19.2. The lowest BCUT2D eigenvalue weighted by molar-refractivity contribution is 0.0659. The Kier molecular flexibility index (Phi) is 5.78. The van der Waals surface area contributed by atoms with Gasteiger partial charge in [0.15, 0.2) is 10.6 Å². The summed E-state index contributed by atoms with van der Waals surface area (Å²) in [6, 6.07) is 13.4. The number of alkyl halides is 2. The van der Waals surface area contributed by atoms with E-state index in [2.05, 4.69) is 20.6 Å². The van der Waals surface area contributed by atoms with Crippen molar-refractivity contribution in [1.29, 1.82) is 0 Å². The predicted octanol–water partition coefficient (Wildman–Crippen LogP) is 5.17. The third-order valence-corrected chi connectivity index (χ3v) is 6.21. The van der Waals surface area contributed by atoms with Crippen LogP contribution in [0.3, 0.4) is 0 Å². The van der Waals surface area contributed by atoms with Gasteiger partial charge in [-0.2, -0.15) is 10.2 Å². The second-order valence-electron chi connectivity index (χ2n) is 7.82. The maximum atomic E-state index is 14.1. The van der Waals surface area contributed by atoms with Crippen LogP contribution >= 0.6 is 12.2 Å². The average Bonchev–Trinajstić information content (AvgIpc) is 3.46. The molecule has 2 atom stereocenters. The number of benzene rings is 2. The zero-order valence-electron chi connectivity index (χ0n) is 18.4. The SMILES string of the molecule is COc1ccc(-n2c(-c3cnn4c3N[C@@H](c3ccccc3)C[C@H]4C(F)F)n[nH]c2=S)c(OC)c1. The molecule has 2 aromatic carbocycles. The number of H-pyrrole nitrogens is 1. The van der Waals surface area contributed by atoms with Crippen LogP contribution in [0.2, 0.25) is 0 Å². The Morgan fingerprint density at radius 2 is 1.91 bits per heavy atom. The molecule has 2 N–H and O–H groups in total. The van der Waals surface area contributed by atoms with E-state index >= 15 is 0 Å². The van der Waals surface area contributed by atoms with Crippen LogP contribution in [0.4, 0.5) is 14.6 Å². The first-order valence-electron chi connectivity index (χ1n) is 10.6. The number of nitrogens with zero attached hydrogens (tertiary/aromatic N) is 4. The molecule has 4 aromatic rings. The van der Waals surface area contributed by atoms with E-state index in [0.717, 1.165) is 5.56 Å². The molecule has 0 bridgehead atoms. The fourth-order valence-electron chi connectivity index (χ4n) is 4.27. The average molecular weight is 485 g/mol. The Balaban J connectivity index is 1.64. The molecule has 0 saturated carbocycles. The first-order chi connectivity index (χ1) is 16.5. The van der Waals surface area contributed by atoms with Gasteiger partial charge in [0, 0.05) is 6.07 Å². The predicted molar refractivity (Wildman–Crippen MR) is 126 cm³/mol. The minimum atomic E-state index is -2.58. The monoisotopic (exact) mass is 484 g/mol. The van der Waals surface area contributed by atoms with Crippen molar-refractivity contribution in [3.05, 3.63) is 65.1 Å². The van der Waals surface area contributed by atoms with Gasteiger partial charge in [-0.25, -0.2) is 13.5 Å². The third kappa shape index (κ3) is 3.71. The van der Waals surface area contributed by atoms with Crippen LogP contribution in [0, 0.1) is 4.77 Å². The number of methoxy groups -OCH3 is 2. The first-order valence-corrected chi connectivity index (χ1v) is 11.0. The summed E-state index contributed by atoms with van der Waals surface area (Å²) in [6.45, 7) is 0. The number of nitrogens with one attached hydrogen (secondary N) is 2. The first kappa shape index (κ1) is 22.1. The number of halogens is 2. The lowest BCUT2D eigenvalue weighted by atomic mass is 9.97. The van der Waals surface area contributed by atoms with E-state index in [1.165, 1.54) is 10.9 Å². The molecule has 5 rings (SSSR count). The van der Waals surface area contributed by atoms with Gasteiger partial charge in [0.05, 0.1) is 37.7 Å². The summed E-state index contributed by atoms with van der Waals surface area (Å²) in [6.07, 6.45) is -0.848. The lowest BCUT2D eigenvalue weighted by Crippen LogP contribution is -2.31. The minimum Gasteiger partial charge on any atom is -0.497 e. The number of rotatable bonds is 6. The molecule has 2 aromatic heterocycles. The molecule has 0 radical (unpaired) electrons. The molecule has 3 heterocycles. The molecular weight excluding hydrogens is 462 g/mol. The number of anilines is 1. The molecule has 11 heteroatoms. The molecule has 0 aliphatic carbocycles. The number of hydrogen-bond donors (Lipinski definition) is 2. The Bertz CT molecular complexity index is 1370. The van der Waals surface area contributed by atoms with Crippen molar-refractivity contribution in [3.63, 3.8) is 0 Å². The molecule has 0 spiro atoms. The van der Waals surface area contributed by atoms with Gasteiger partial charge < -0.3 is 14.8 Å². The quantitative estimate of drug-likeness (QED) is 0.368. The molecule has 0 fully saturated rings. The van der Waals surface area contributed by atoms with E-state index in [9.17, 15) is 8.78 Å². The topological polar surface area (TPSA) is 81.9 Å². The largest absolute Gasteiger partial charge is 0.497 e. The number of aromatic nitrogens is 5. The second-order valence-corrected chi connectivity index (χ2v) is 8.21. The van der Waals surface area contributed by atoms with Crippen molar-refractivity contribution in [2.45, 2.75) is 24.9 Å². The van der Waals surface area contributed by atoms with Crippen LogP contribution < -0.4 is 14.8 Å². The van der Waals surface area contributed by atoms with Crippen LogP contribution in [0.25, 0.3) is 17.1 Å². The van der Waals surface area contributed by atoms with E-state index in [1.807, 2.05) is 30.3 Å². The number of hydrogen-bond acceptors (Lipinski definition) is 6. The Labute approximate surface area is 199 Å².